The van der Waals surface area contributed by atoms with Crippen molar-refractivity contribution in [1.82, 2.24) is 4.57 Å². The second-order valence-corrected chi connectivity index (χ2v) is 11.4. The van der Waals surface area contributed by atoms with Gasteiger partial charge in [0.2, 0.25) is 5.91 Å². The monoisotopic (exact) mass is 541 g/mol. The van der Waals surface area contributed by atoms with Crippen LogP contribution in [0, 0.1) is 13.8 Å². The Bertz CT molecular complexity index is 1790. The Hall–Kier alpha value is -4.30. The van der Waals surface area contributed by atoms with Crippen LogP contribution >= 0.6 is 0 Å². The highest BCUT2D eigenvalue weighted by atomic mass is 32.2. The van der Waals surface area contributed by atoms with Crippen molar-refractivity contribution in [3.8, 4) is 5.75 Å². The maximum atomic E-state index is 14.0. The summed E-state index contributed by atoms with van der Waals surface area (Å²) >= 11 is 0. The number of amides is 1. The molecule has 0 bridgehead atoms. The van der Waals surface area contributed by atoms with Crippen molar-refractivity contribution < 1.29 is 17.9 Å². The fourth-order valence-electron chi connectivity index (χ4n) is 4.93. The maximum Gasteiger partial charge on any atom is 0.268 e. The van der Waals surface area contributed by atoms with Crippen molar-refractivity contribution in [2.45, 2.75) is 32.2 Å². The van der Waals surface area contributed by atoms with E-state index in [1.54, 1.807) is 30.3 Å². The largest absolute Gasteiger partial charge is 0.495 e. The molecule has 1 amide bonds. The zero-order valence-electron chi connectivity index (χ0n) is 22.4. The van der Waals surface area contributed by atoms with Gasteiger partial charge in [0.1, 0.15) is 17.2 Å². The van der Waals surface area contributed by atoms with Crippen molar-refractivity contribution in [1.29, 1.82) is 0 Å². The molecule has 0 fully saturated rings. The Morgan fingerprint density at radius 2 is 1.56 bits per heavy atom. The summed E-state index contributed by atoms with van der Waals surface area (Å²) in [4.78, 5) is 13.4. The number of methoxy groups -OCH3 is 1. The average molecular weight is 542 g/mol. The molecule has 7 nitrogen and oxygen atoms in total. The molecule has 39 heavy (non-hydrogen) atoms. The molecule has 0 saturated carbocycles. The number of ether oxygens (including phenoxy) is 1. The summed E-state index contributed by atoms with van der Waals surface area (Å²) < 4.78 is 36.6. The number of nitrogens with one attached hydrogen (secondary N) is 1. The number of para-hydroxylation sites is 1. The van der Waals surface area contributed by atoms with E-state index in [4.69, 9.17) is 4.74 Å². The van der Waals surface area contributed by atoms with Crippen molar-refractivity contribution in [2.75, 3.05) is 23.3 Å². The smallest absolute Gasteiger partial charge is 0.268 e. The van der Waals surface area contributed by atoms with Crippen LogP contribution in [0.3, 0.4) is 0 Å². The van der Waals surface area contributed by atoms with E-state index in [-0.39, 0.29) is 10.6 Å². The topological polar surface area (TPSA) is 80.6 Å². The molecule has 4 aromatic carbocycles. The minimum Gasteiger partial charge on any atom is -0.495 e. The van der Waals surface area contributed by atoms with Gasteiger partial charge >= 0.3 is 0 Å². The third kappa shape index (κ3) is 4.95. The first-order chi connectivity index (χ1) is 18.7. The summed E-state index contributed by atoms with van der Waals surface area (Å²) in [5.74, 6) is -0.236. The highest BCUT2D eigenvalue weighted by Crippen LogP contribution is 2.33. The number of fused-ring (bicyclic) bond motifs is 3. The summed E-state index contributed by atoms with van der Waals surface area (Å²) in [6.07, 6.45) is 0. The van der Waals surface area contributed by atoms with E-state index in [1.165, 1.54) is 7.11 Å². The second kappa shape index (κ2) is 10.5. The zero-order chi connectivity index (χ0) is 27.7. The number of sulfonamides is 1. The van der Waals surface area contributed by atoms with Crippen LogP contribution in [0.5, 0.6) is 5.75 Å². The number of hydrogen-bond donors (Lipinski definition) is 1. The summed E-state index contributed by atoms with van der Waals surface area (Å²) in [5, 5.41) is 5.04. The molecule has 0 aliphatic heterocycles. The number of carbonyl (C=O) groups is 1. The zero-order valence-corrected chi connectivity index (χ0v) is 23.2. The molecule has 0 aliphatic rings. The molecule has 0 unspecified atom stereocenters. The number of nitrogens with zero attached hydrogens (tertiary/aromatic N) is 2. The predicted molar refractivity (Wildman–Crippen MR) is 157 cm³/mol. The quantitative estimate of drug-likeness (QED) is 0.251. The Morgan fingerprint density at radius 3 is 2.28 bits per heavy atom. The maximum absolute atomic E-state index is 14.0. The molecule has 0 atom stereocenters. The number of rotatable bonds is 8. The third-order valence-electron chi connectivity index (χ3n) is 6.87. The van der Waals surface area contributed by atoms with E-state index < -0.39 is 22.5 Å². The molecule has 200 valence electrons. The van der Waals surface area contributed by atoms with Gasteiger partial charge in [0, 0.05) is 34.0 Å². The molecule has 5 aromatic rings. The van der Waals surface area contributed by atoms with Crippen LogP contribution in [0.25, 0.3) is 21.8 Å². The molecule has 1 N–H and O–H groups in total. The lowest BCUT2D eigenvalue weighted by Gasteiger charge is -2.25. The first kappa shape index (κ1) is 26.3. The van der Waals surface area contributed by atoms with Gasteiger partial charge < -0.3 is 14.6 Å². The van der Waals surface area contributed by atoms with Crippen LogP contribution in [0.1, 0.15) is 18.1 Å². The lowest BCUT2D eigenvalue weighted by molar-refractivity contribution is -0.114. The summed E-state index contributed by atoms with van der Waals surface area (Å²) in [6, 6.07) is 25.9. The second-order valence-electron chi connectivity index (χ2n) is 9.54. The molecule has 0 aliphatic carbocycles. The number of carbonyl (C=O) groups excluding carboxylic acids is 1. The SMILES string of the molecule is CCn1c2ccccc2c2cc(NC(=O)CN(c3ccc(C)cc3)S(=O)(=O)c3cc(C)ccc3OC)ccc21. The van der Waals surface area contributed by atoms with E-state index in [2.05, 4.69) is 28.9 Å². The van der Waals surface area contributed by atoms with Crippen molar-refractivity contribution in [3.63, 3.8) is 0 Å². The number of anilines is 2. The number of aryl methyl sites for hydroxylation is 3. The average Bonchev–Trinajstić information content (AvgIpc) is 3.25. The van der Waals surface area contributed by atoms with Gasteiger partial charge in [-0.2, -0.15) is 0 Å². The normalized spacial score (nSPS) is 11.6. The predicted octanol–water partition coefficient (Wildman–Crippen LogP) is 6.27. The lowest BCUT2D eigenvalue weighted by atomic mass is 10.1. The van der Waals surface area contributed by atoms with Crippen molar-refractivity contribution in [3.05, 3.63) is 96.1 Å². The van der Waals surface area contributed by atoms with E-state index in [0.29, 0.717) is 11.4 Å². The lowest BCUT2D eigenvalue weighted by Crippen LogP contribution is -2.38. The number of aromatic nitrogens is 1. The molecule has 1 aromatic heterocycles. The van der Waals surface area contributed by atoms with Gasteiger partial charge in [-0.25, -0.2) is 8.42 Å². The molecule has 0 radical (unpaired) electrons. The van der Waals surface area contributed by atoms with Crippen LogP contribution in [-0.4, -0.2) is 32.5 Å². The van der Waals surface area contributed by atoms with E-state index in [9.17, 15) is 13.2 Å². The minimum atomic E-state index is -4.14. The van der Waals surface area contributed by atoms with E-state index >= 15 is 0 Å². The Morgan fingerprint density at radius 1 is 0.872 bits per heavy atom. The van der Waals surface area contributed by atoms with Crippen molar-refractivity contribution in [2.24, 2.45) is 0 Å². The van der Waals surface area contributed by atoms with E-state index in [1.807, 2.05) is 56.3 Å². The third-order valence-corrected chi connectivity index (χ3v) is 8.66. The van der Waals surface area contributed by atoms with Crippen LogP contribution < -0.4 is 14.4 Å². The Labute approximate surface area is 228 Å². The van der Waals surface area contributed by atoms with Crippen molar-refractivity contribution >= 4 is 49.1 Å². The highest BCUT2D eigenvalue weighted by molar-refractivity contribution is 7.93. The van der Waals surface area contributed by atoms with Gasteiger partial charge in [-0.15, -0.1) is 0 Å². The van der Waals surface area contributed by atoms with Gasteiger partial charge in [0.15, 0.2) is 0 Å². The van der Waals surface area contributed by atoms with Crippen LogP contribution in [0.4, 0.5) is 11.4 Å². The van der Waals surface area contributed by atoms with Crippen LogP contribution in [-0.2, 0) is 21.4 Å². The molecular formula is C31H31N3O4S. The minimum absolute atomic E-state index is 0.00664. The number of hydrogen-bond acceptors (Lipinski definition) is 4. The standard InChI is InChI=1S/C31H31N3O4S/c1-5-33-27-9-7-6-8-25(27)26-19-23(13-16-28(26)33)32-31(35)20-34(24-14-10-21(2)11-15-24)39(36,37)30-18-22(3)12-17-29(30)38-4/h6-19H,5,20H2,1-4H3,(H,32,35). The summed E-state index contributed by atoms with van der Waals surface area (Å²) in [5.41, 5.74) is 4.94. The molecule has 0 spiro atoms. The molecule has 0 saturated heterocycles. The molecule has 1 heterocycles. The Balaban J connectivity index is 1.51. The fourth-order valence-corrected chi connectivity index (χ4v) is 6.60. The molecular weight excluding hydrogens is 510 g/mol. The first-order valence-corrected chi connectivity index (χ1v) is 14.2. The van der Waals surface area contributed by atoms with Gasteiger partial charge in [0.05, 0.1) is 12.8 Å². The summed E-state index contributed by atoms with van der Waals surface area (Å²) in [6.45, 7) is 6.25. The van der Waals surface area contributed by atoms with Gasteiger partial charge in [0.25, 0.3) is 10.0 Å². The molecule has 5 rings (SSSR count). The first-order valence-electron chi connectivity index (χ1n) is 12.8. The van der Waals surface area contributed by atoms with Gasteiger partial charge in [-0.1, -0.05) is 42.0 Å². The number of benzene rings is 4. The Kier molecular flexibility index (Phi) is 7.06. The van der Waals surface area contributed by atoms with Gasteiger partial charge in [-0.05, 0) is 74.9 Å². The fraction of sp³-hybridized carbons (Fsp3) is 0.194. The van der Waals surface area contributed by atoms with E-state index in [0.717, 1.165) is 43.8 Å². The van der Waals surface area contributed by atoms with Crippen LogP contribution in [0.15, 0.2) is 89.8 Å². The van der Waals surface area contributed by atoms with Gasteiger partial charge in [-0.3, -0.25) is 9.10 Å². The molecule has 8 heteroatoms. The highest BCUT2D eigenvalue weighted by Gasteiger charge is 2.30. The van der Waals surface area contributed by atoms with Crippen LogP contribution in [0.2, 0.25) is 0 Å². The summed E-state index contributed by atoms with van der Waals surface area (Å²) in [7, 11) is -2.71.